The van der Waals surface area contributed by atoms with Gasteiger partial charge in [-0.05, 0) is 33.6 Å². The van der Waals surface area contributed by atoms with E-state index in [-0.39, 0.29) is 17.2 Å². The molecule has 0 spiro atoms. The van der Waals surface area contributed by atoms with Crippen molar-refractivity contribution in [3.63, 3.8) is 0 Å². The molecule has 0 aromatic carbocycles. The quantitative estimate of drug-likeness (QED) is 0.859. The molecule has 0 radical (unpaired) electrons. The maximum absolute atomic E-state index is 6.48. The molecule has 2 saturated heterocycles. The van der Waals surface area contributed by atoms with Crippen molar-refractivity contribution in [2.45, 2.75) is 58.8 Å². The van der Waals surface area contributed by atoms with Gasteiger partial charge < -0.3 is 20.3 Å². The third-order valence-electron chi connectivity index (χ3n) is 5.20. The van der Waals surface area contributed by atoms with Gasteiger partial charge in [0.2, 0.25) is 0 Å². The normalized spacial score (nSPS) is 33.7. The molecule has 2 rings (SSSR count). The molecule has 124 valence electrons. The zero-order valence-electron chi connectivity index (χ0n) is 14.9. The van der Waals surface area contributed by atoms with Crippen LogP contribution in [0.3, 0.4) is 0 Å². The molecule has 2 atom stereocenters. The first-order valence-corrected chi connectivity index (χ1v) is 8.52. The summed E-state index contributed by atoms with van der Waals surface area (Å²) in [6.07, 6.45) is 0. The van der Waals surface area contributed by atoms with Gasteiger partial charge >= 0.3 is 0 Å². The molecule has 4 nitrogen and oxygen atoms in total. The summed E-state index contributed by atoms with van der Waals surface area (Å²) in [6.45, 7) is 20.2. The second-order valence-electron chi connectivity index (χ2n) is 8.44. The Hall–Kier alpha value is -0.160. The van der Waals surface area contributed by atoms with Crippen LogP contribution in [0.25, 0.3) is 0 Å². The minimum absolute atomic E-state index is 0.112. The highest BCUT2D eigenvalue weighted by Crippen LogP contribution is 2.41. The molecular formula is C17H35N3O. The molecule has 2 aliphatic heterocycles. The minimum atomic E-state index is -0.215. The predicted molar refractivity (Wildman–Crippen MR) is 88.4 cm³/mol. The van der Waals surface area contributed by atoms with E-state index < -0.39 is 0 Å². The Morgan fingerprint density at radius 3 is 1.95 bits per heavy atom. The number of piperazine rings is 1. The summed E-state index contributed by atoms with van der Waals surface area (Å²) in [5, 5.41) is 0. The zero-order chi connectivity index (χ0) is 15.8. The van der Waals surface area contributed by atoms with Gasteiger partial charge in [-0.1, -0.05) is 13.8 Å². The van der Waals surface area contributed by atoms with Crippen molar-refractivity contribution < 1.29 is 4.74 Å². The summed E-state index contributed by atoms with van der Waals surface area (Å²) in [6, 6.07) is 0.112. The van der Waals surface area contributed by atoms with E-state index in [0.717, 1.165) is 25.6 Å². The van der Waals surface area contributed by atoms with E-state index in [9.17, 15) is 0 Å². The first-order valence-electron chi connectivity index (χ1n) is 8.52. The largest absolute Gasteiger partial charge is 0.368 e. The van der Waals surface area contributed by atoms with Crippen LogP contribution in [0.5, 0.6) is 0 Å². The van der Waals surface area contributed by atoms with Gasteiger partial charge in [-0.15, -0.1) is 0 Å². The molecule has 0 bridgehead atoms. The Bertz CT molecular complexity index is 346. The number of hydrogen-bond donors (Lipinski definition) is 1. The molecule has 2 N–H and O–H groups in total. The number of nitrogens with zero attached hydrogens (tertiary/aromatic N) is 2. The van der Waals surface area contributed by atoms with Crippen molar-refractivity contribution in [1.29, 1.82) is 0 Å². The van der Waals surface area contributed by atoms with Crippen LogP contribution in [-0.4, -0.2) is 66.3 Å². The molecule has 0 aromatic heterocycles. The highest BCUT2D eigenvalue weighted by Gasteiger charge is 2.52. The summed E-state index contributed by atoms with van der Waals surface area (Å²) in [7, 11) is 0. The van der Waals surface area contributed by atoms with Gasteiger partial charge in [0.05, 0.1) is 11.2 Å². The van der Waals surface area contributed by atoms with Crippen molar-refractivity contribution in [2.24, 2.45) is 17.6 Å². The SMILES string of the molecule is CC(C)CN1CCN(CC2C(N)C(C)(C)OC2(C)C)CC1. The van der Waals surface area contributed by atoms with Crippen molar-refractivity contribution in [1.82, 2.24) is 9.80 Å². The predicted octanol–water partition coefficient (Wildman–Crippen LogP) is 1.79. The second-order valence-corrected chi connectivity index (χ2v) is 8.44. The number of ether oxygens (including phenoxy) is 1. The number of rotatable bonds is 4. The zero-order valence-corrected chi connectivity index (χ0v) is 14.9. The molecule has 0 saturated carbocycles. The van der Waals surface area contributed by atoms with Gasteiger partial charge in [0.15, 0.2) is 0 Å². The van der Waals surface area contributed by atoms with Crippen LogP contribution < -0.4 is 5.73 Å². The maximum Gasteiger partial charge on any atom is 0.0788 e. The van der Waals surface area contributed by atoms with Crippen LogP contribution in [0.15, 0.2) is 0 Å². The highest BCUT2D eigenvalue weighted by molar-refractivity contribution is 5.04. The summed E-state index contributed by atoms with van der Waals surface area (Å²) in [5.74, 6) is 1.16. The van der Waals surface area contributed by atoms with Gasteiger partial charge in [-0.2, -0.15) is 0 Å². The fourth-order valence-electron chi connectivity index (χ4n) is 4.02. The van der Waals surface area contributed by atoms with E-state index in [2.05, 4.69) is 51.3 Å². The molecule has 2 heterocycles. The molecule has 4 heteroatoms. The summed E-state index contributed by atoms with van der Waals surface area (Å²) >= 11 is 0. The van der Waals surface area contributed by atoms with Crippen molar-refractivity contribution in [3.05, 3.63) is 0 Å². The maximum atomic E-state index is 6.48. The summed E-state index contributed by atoms with van der Waals surface area (Å²) in [4.78, 5) is 5.16. The Morgan fingerprint density at radius 1 is 1.00 bits per heavy atom. The molecular weight excluding hydrogens is 262 g/mol. The third-order valence-corrected chi connectivity index (χ3v) is 5.20. The van der Waals surface area contributed by atoms with Crippen LogP contribution in [-0.2, 0) is 4.74 Å². The van der Waals surface area contributed by atoms with E-state index in [4.69, 9.17) is 10.5 Å². The lowest BCUT2D eigenvalue weighted by Crippen LogP contribution is -2.53. The van der Waals surface area contributed by atoms with Crippen LogP contribution in [0.4, 0.5) is 0 Å². The minimum Gasteiger partial charge on any atom is -0.368 e. The standard InChI is InChI=1S/C17H35N3O/c1-13(2)11-19-7-9-20(10-8-19)12-14-15(18)17(5,6)21-16(14,3)4/h13-15H,7-12,18H2,1-6H3. The number of nitrogens with two attached hydrogens (primary N) is 1. The van der Waals surface area contributed by atoms with Crippen LogP contribution in [0.1, 0.15) is 41.5 Å². The van der Waals surface area contributed by atoms with Crippen molar-refractivity contribution >= 4 is 0 Å². The van der Waals surface area contributed by atoms with E-state index >= 15 is 0 Å². The average molecular weight is 297 g/mol. The van der Waals surface area contributed by atoms with E-state index in [1.165, 1.54) is 19.6 Å². The average Bonchev–Trinajstić information content (AvgIpc) is 2.49. The highest BCUT2D eigenvalue weighted by atomic mass is 16.5. The number of hydrogen-bond acceptors (Lipinski definition) is 4. The third kappa shape index (κ3) is 3.98. The lowest BCUT2D eigenvalue weighted by Gasteiger charge is -2.39. The van der Waals surface area contributed by atoms with Gasteiger partial charge in [0.1, 0.15) is 0 Å². The fourth-order valence-corrected chi connectivity index (χ4v) is 4.02. The monoisotopic (exact) mass is 297 g/mol. The van der Waals surface area contributed by atoms with Crippen molar-refractivity contribution in [3.8, 4) is 0 Å². The first kappa shape index (κ1) is 17.2. The Labute approximate surface area is 131 Å². The molecule has 2 fully saturated rings. The van der Waals surface area contributed by atoms with E-state index in [1.54, 1.807) is 0 Å². The van der Waals surface area contributed by atoms with Crippen LogP contribution in [0.2, 0.25) is 0 Å². The van der Waals surface area contributed by atoms with Crippen LogP contribution in [0, 0.1) is 11.8 Å². The van der Waals surface area contributed by atoms with Crippen molar-refractivity contribution in [2.75, 3.05) is 39.3 Å². The molecule has 0 aromatic rings. The van der Waals surface area contributed by atoms with Gasteiger partial charge in [0.25, 0.3) is 0 Å². The Balaban J connectivity index is 1.88. The van der Waals surface area contributed by atoms with Gasteiger partial charge in [-0.3, -0.25) is 0 Å². The second kappa shape index (κ2) is 6.15. The lowest BCUT2D eigenvalue weighted by molar-refractivity contribution is -0.0791. The van der Waals surface area contributed by atoms with E-state index in [1.807, 2.05) is 0 Å². The molecule has 2 unspecified atom stereocenters. The molecule has 0 amide bonds. The molecule has 2 aliphatic rings. The summed E-state index contributed by atoms with van der Waals surface area (Å²) < 4.78 is 6.21. The first-order chi connectivity index (χ1) is 9.62. The smallest absolute Gasteiger partial charge is 0.0788 e. The van der Waals surface area contributed by atoms with Crippen LogP contribution >= 0.6 is 0 Å². The lowest BCUT2D eigenvalue weighted by atomic mass is 9.82. The molecule has 0 aliphatic carbocycles. The Kier molecular flexibility index (Phi) is 5.04. The topological polar surface area (TPSA) is 41.7 Å². The van der Waals surface area contributed by atoms with E-state index in [0.29, 0.717) is 5.92 Å². The van der Waals surface area contributed by atoms with Gasteiger partial charge in [0, 0.05) is 51.2 Å². The van der Waals surface area contributed by atoms with Gasteiger partial charge in [-0.25, -0.2) is 0 Å². The molecule has 21 heavy (non-hydrogen) atoms. The Morgan fingerprint density at radius 2 is 1.52 bits per heavy atom. The fraction of sp³-hybridized carbons (Fsp3) is 1.00. The summed E-state index contributed by atoms with van der Waals surface area (Å²) in [5.41, 5.74) is 6.14.